The van der Waals surface area contributed by atoms with Gasteiger partial charge in [0, 0.05) is 11.3 Å². The van der Waals surface area contributed by atoms with Crippen molar-refractivity contribution in [2.24, 2.45) is 29.0 Å². The zero-order valence-electron chi connectivity index (χ0n) is 8.20. The molecule has 0 aliphatic heterocycles. The van der Waals surface area contributed by atoms with E-state index in [0.29, 0.717) is 12.5 Å². The molecule has 0 aromatic carbocycles. The molecule has 1 aliphatic carbocycles. The van der Waals surface area contributed by atoms with Crippen molar-refractivity contribution in [1.82, 2.24) is 0 Å². The Morgan fingerprint density at radius 1 is 1.14 bits per heavy atom. The van der Waals surface area contributed by atoms with Crippen LogP contribution in [-0.2, 0) is 0 Å². The number of rotatable bonds is 3. The summed E-state index contributed by atoms with van der Waals surface area (Å²) in [7, 11) is 0. The van der Waals surface area contributed by atoms with Crippen molar-refractivity contribution >= 4 is 23.2 Å². The monoisotopic (exact) mass is 239 g/mol. The van der Waals surface area contributed by atoms with Gasteiger partial charge in [-0.05, 0) is 31.7 Å². The molecule has 1 aliphatic rings. The Balaban J connectivity index is 2.52. The van der Waals surface area contributed by atoms with Gasteiger partial charge >= 0.3 is 0 Å². The van der Waals surface area contributed by atoms with Crippen molar-refractivity contribution in [3.8, 4) is 0 Å². The van der Waals surface area contributed by atoms with Crippen molar-refractivity contribution < 1.29 is 0 Å². The standard InChI is InChI=1S/C9H19Cl2N3/c10-7-2-1-5(3-8(7)11)6(4-12)9(13)14/h5-9H,1-4,12-14H2. The predicted octanol–water partition coefficient (Wildman–Crippen LogP) is 0.820. The molecule has 0 spiro atoms. The smallest absolute Gasteiger partial charge is 0.0564 e. The summed E-state index contributed by atoms with van der Waals surface area (Å²) in [5.74, 6) is 0.595. The molecule has 0 bridgehead atoms. The third kappa shape index (κ3) is 2.97. The van der Waals surface area contributed by atoms with E-state index in [1.807, 2.05) is 0 Å². The van der Waals surface area contributed by atoms with Crippen LogP contribution in [-0.4, -0.2) is 23.5 Å². The summed E-state index contributed by atoms with van der Waals surface area (Å²) in [6, 6.07) is 0. The summed E-state index contributed by atoms with van der Waals surface area (Å²) in [6.07, 6.45) is 2.50. The van der Waals surface area contributed by atoms with Gasteiger partial charge in [-0.2, -0.15) is 0 Å². The molecule has 4 unspecified atom stereocenters. The Bertz CT molecular complexity index is 177. The van der Waals surface area contributed by atoms with Crippen LogP contribution in [0.5, 0.6) is 0 Å². The van der Waals surface area contributed by atoms with Crippen LogP contribution in [0.3, 0.4) is 0 Å². The lowest BCUT2D eigenvalue weighted by Gasteiger charge is -2.35. The minimum absolute atomic E-state index is 0.0308. The predicted molar refractivity (Wildman–Crippen MR) is 61.3 cm³/mol. The molecular weight excluding hydrogens is 221 g/mol. The van der Waals surface area contributed by atoms with Gasteiger partial charge in [-0.1, -0.05) is 0 Å². The molecule has 1 fully saturated rings. The molecule has 1 rings (SSSR count). The van der Waals surface area contributed by atoms with E-state index in [9.17, 15) is 0 Å². The molecule has 0 aromatic rings. The van der Waals surface area contributed by atoms with E-state index in [4.69, 9.17) is 40.4 Å². The molecule has 84 valence electrons. The Hall–Kier alpha value is 0.460. The molecule has 14 heavy (non-hydrogen) atoms. The third-order valence-corrected chi connectivity index (χ3v) is 4.24. The summed E-state index contributed by atoms with van der Waals surface area (Å²) in [5, 5.41) is 0.114. The van der Waals surface area contributed by atoms with Crippen LogP contribution in [0.25, 0.3) is 0 Å². The summed E-state index contributed by atoms with van der Waals surface area (Å²) in [6.45, 7) is 0.527. The van der Waals surface area contributed by atoms with Crippen LogP contribution in [0.15, 0.2) is 0 Å². The third-order valence-electron chi connectivity index (χ3n) is 3.11. The fourth-order valence-corrected chi connectivity index (χ4v) is 2.75. The first-order valence-electron chi connectivity index (χ1n) is 5.05. The van der Waals surface area contributed by atoms with Crippen LogP contribution in [0.1, 0.15) is 19.3 Å². The maximum Gasteiger partial charge on any atom is 0.0564 e. The maximum absolute atomic E-state index is 6.11. The van der Waals surface area contributed by atoms with Crippen LogP contribution in [0, 0.1) is 11.8 Å². The van der Waals surface area contributed by atoms with Gasteiger partial charge in [0.05, 0.1) is 11.5 Å². The fraction of sp³-hybridized carbons (Fsp3) is 1.00. The van der Waals surface area contributed by atoms with Crippen molar-refractivity contribution in [1.29, 1.82) is 0 Å². The maximum atomic E-state index is 6.11. The van der Waals surface area contributed by atoms with Gasteiger partial charge in [0.1, 0.15) is 0 Å². The lowest BCUT2D eigenvalue weighted by Crippen LogP contribution is -2.48. The summed E-state index contributed by atoms with van der Waals surface area (Å²) < 4.78 is 0. The fourth-order valence-electron chi connectivity index (χ4n) is 2.16. The largest absolute Gasteiger partial charge is 0.330 e. The van der Waals surface area contributed by atoms with Gasteiger partial charge in [0.15, 0.2) is 0 Å². The average Bonchev–Trinajstić information content (AvgIpc) is 2.11. The lowest BCUT2D eigenvalue weighted by molar-refractivity contribution is 0.227. The molecule has 1 saturated carbocycles. The highest BCUT2D eigenvalue weighted by molar-refractivity contribution is 6.30. The van der Waals surface area contributed by atoms with Crippen molar-refractivity contribution in [2.45, 2.75) is 36.2 Å². The second-order valence-electron chi connectivity index (χ2n) is 4.08. The Kier molecular flexibility index (Phi) is 4.94. The van der Waals surface area contributed by atoms with Gasteiger partial charge in [0.2, 0.25) is 0 Å². The van der Waals surface area contributed by atoms with E-state index in [2.05, 4.69) is 0 Å². The first-order valence-corrected chi connectivity index (χ1v) is 5.93. The van der Waals surface area contributed by atoms with Gasteiger partial charge in [0.25, 0.3) is 0 Å². The highest BCUT2D eigenvalue weighted by atomic mass is 35.5. The van der Waals surface area contributed by atoms with E-state index in [1.165, 1.54) is 0 Å². The molecule has 4 atom stereocenters. The average molecular weight is 240 g/mol. The Labute approximate surface area is 95.3 Å². The summed E-state index contributed by atoms with van der Waals surface area (Å²) in [5.41, 5.74) is 17.0. The highest BCUT2D eigenvalue weighted by Crippen LogP contribution is 2.35. The molecule has 3 nitrogen and oxygen atoms in total. The topological polar surface area (TPSA) is 78.1 Å². The van der Waals surface area contributed by atoms with Crippen molar-refractivity contribution in [3.63, 3.8) is 0 Å². The van der Waals surface area contributed by atoms with E-state index < -0.39 is 0 Å². The number of hydrogen-bond donors (Lipinski definition) is 3. The minimum atomic E-state index is -0.347. The summed E-state index contributed by atoms with van der Waals surface area (Å²) >= 11 is 12.1. The van der Waals surface area contributed by atoms with Gasteiger partial charge < -0.3 is 17.2 Å². The van der Waals surface area contributed by atoms with E-state index in [0.717, 1.165) is 19.3 Å². The zero-order chi connectivity index (χ0) is 10.7. The number of halogens is 2. The normalized spacial score (nSPS) is 36.0. The summed E-state index contributed by atoms with van der Waals surface area (Å²) in [4.78, 5) is 0. The number of hydrogen-bond acceptors (Lipinski definition) is 3. The number of nitrogens with two attached hydrogens (primary N) is 3. The zero-order valence-corrected chi connectivity index (χ0v) is 9.72. The second-order valence-corrected chi connectivity index (χ2v) is 5.20. The lowest BCUT2D eigenvalue weighted by atomic mass is 9.78. The molecular formula is C9H19Cl2N3. The minimum Gasteiger partial charge on any atom is -0.330 e. The van der Waals surface area contributed by atoms with Crippen LogP contribution >= 0.6 is 23.2 Å². The molecule has 0 heterocycles. The molecule has 0 amide bonds. The molecule has 6 N–H and O–H groups in total. The number of alkyl halides is 2. The SMILES string of the molecule is NCC(C(N)N)C1CCC(Cl)C(Cl)C1. The Morgan fingerprint density at radius 2 is 1.79 bits per heavy atom. The van der Waals surface area contributed by atoms with Gasteiger partial charge in [-0.3, -0.25) is 0 Å². The second kappa shape index (κ2) is 5.52. The van der Waals surface area contributed by atoms with Crippen molar-refractivity contribution in [2.75, 3.05) is 6.54 Å². The van der Waals surface area contributed by atoms with Crippen LogP contribution < -0.4 is 17.2 Å². The molecule has 0 saturated heterocycles. The van der Waals surface area contributed by atoms with Gasteiger partial charge in [-0.15, -0.1) is 23.2 Å². The van der Waals surface area contributed by atoms with E-state index in [1.54, 1.807) is 0 Å². The van der Waals surface area contributed by atoms with Crippen LogP contribution in [0.2, 0.25) is 0 Å². The first-order chi connectivity index (χ1) is 6.56. The molecule has 0 radical (unpaired) electrons. The van der Waals surface area contributed by atoms with Crippen molar-refractivity contribution in [3.05, 3.63) is 0 Å². The van der Waals surface area contributed by atoms with E-state index in [-0.39, 0.29) is 22.8 Å². The first kappa shape index (κ1) is 12.5. The molecule has 0 aromatic heterocycles. The van der Waals surface area contributed by atoms with E-state index >= 15 is 0 Å². The quantitative estimate of drug-likeness (QED) is 0.504. The molecule has 5 heteroatoms. The highest BCUT2D eigenvalue weighted by Gasteiger charge is 2.33. The Morgan fingerprint density at radius 3 is 2.21 bits per heavy atom. The van der Waals surface area contributed by atoms with Gasteiger partial charge in [-0.25, -0.2) is 0 Å². The van der Waals surface area contributed by atoms with Crippen LogP contribution in [0.4, 0.5) is 0 Å².